The summed E-state index contributed by atoms with van der Waals surface area (Å²) in [6, 6.07) is 1.78. The van der Waals surface area contributed by atoms with E-state index in [0.29, 0.717) is 13.0 Å². The van der Waals surface area contributed by atoms with Gasteiger partial charge in [-0.2, -0.15) is 5.26 Å². The predicted octanol–water partition coefficient (Wildman–Crippen LogP) is 0.374. The third-order valence-corrected chi connectivity index (χ3v) is 1.86. The standard InChI is InChI=1S/C11H17N3O3/c1-2-5-13-8-9(7-12)11(17)14-6-3-4-10(15)16/h8,13H,2-6H2,1H3,(H,14,17)(H,15,16)/b9-8-. The molecule has 0 heterocycles. The maximum absolute atomic E-state index is 11.4. The summed E-state index contributed by atoms with van der Waals surface area (Å²) in [6.45, 7) is 2.91. The van der Waals surface area contributed by atoms with Crippen LogP contribution in [0.3, 0.4) is 0 Å². The topological polar surface area (TPSA) is 102 Å². The Hall–Kier alpha value is -2.03. The second-order valence-electron chi connectivity index (χ2n) is 3.38. The zero-order chi connectivity index (χ0) is 13.1. The Balaban J connectivity index is 3.97. The highest BCUT2D eigenvalue weighted by Crippen LogP contribution is 1.92. The molecule has 1 amide bonds. The van der Waals surface area contributed by atoms with Gasteiger partial charge >= 0.3 is 5.97 Å². The molecule has 0 bridgehead atoms. The quantitative estimate of drug-likeness (QED) is 0.323. The number of nitrogens with one attached hydrogen (secondary N) is 2. The summed E-state index contributed by atoms with van der Waals surface area (Å²) in [5.74, 6) is -1.39. The Morgan fingerprint density at radius 2 is 2.12 bits per heavy atom. The first-order valence-electron chi connectivity index (χ1n) is 5.45. The van der Waals surface area contributed by atoms with Crippen LogP contribution in [-0.2, 0) is 9.59 Å². The van der Waals surface area contributed by atoms with Crippen molar-refractivity contribution in [3.8, 4) is 6.07 Å². The van der Waals surface area contributed by atoms with Gasteiger partial charge in [-0.15, -0.1) is 0 Å². The third-order valence-electron chi connectivity index (χ3n) is 1.86. The Kier molecular flexibility index (Phi) is 8.11. The Bertz CT molecular complexity index is 331. The predicted molar refractivity (Wildman–Crippen MR) is 61.9 cm³/mol. The van der Waals surface area contributed by atoms with E-state index >= 15 is 0 Å². The van der Waals surface area contributed by atoms with Crippen LogP contribution in [0, 0.1) is 11.3 Å². The van der Waals surface area contributed by atoms with Gasteiger partial charge in [-0.25, -0.2) is 0 Å². The van der Waals surface area contributed by atoms with E-state index in [0.717, 1.165) is 6.42 Å². The summed E-state index contributed by atoms with van der Waals surface area (Å²) in [5.41, 5.74) is -0.00576. The lowest BCUT2D eigenvalue weighted by atomic mass is 10.2. The van der Waals surface area contributed by atoms with Crippen molar-refractivity contribution < 1.29 is 14.7 Å². The van der Waals surface area contributed by atoms with Crippen LogP contribution in [0.25, 0.3) is 0 Å². The van der Waals surface area contributed by atoms with E-state index < -0.39 is 11.9 Å². The summed E-state index contributed by atoms with van der Waals surface area (Å²) < 4.78 is 0. The molecule has 94 valence electrons. The number of aliphatic carboxylic acids is 1. The molecule has 3 N–H and O–H groups in total. The summed E-state index contributed by atoms with van der Waals surface area (Å²) in [7, 11) is 0. The van der Waals surface area contributed by atoms with Gasteiger partial charge in [0.1, 0.15) is 11.6 Å². The number of carbonyl (C=O) groups is 2. The van der Waals surface area contributed by atoms with Gasteiger partial charge in [0.15, 0.2) is 0 Å². The summed E-state index contributed by atoms with van der Waals surface area (Å²) in [4.78, 5) is 21.6. The number of nitriles is 1. The maximum atomic E-state index is 11.4. The number of hydrogen-bond acceptors (Lipinski definition) is 4. The van der Waals surface area contributed by atoms with E-state index in [1.807, 2.05) is 6.92 Å². The van der Waals surface area contributed by atoms with Gasteiger partial charge in [-0.05, 0) is 12.8 Å². The molecule has 0 unspecified atom stereocenters. The fourth-order valence-corrected chi connectivity index (χ4v) is 1.00. The zero-order valence-corrected chi connectivity index (χ0v) is 9.82. The minimum atomic E-state index is -0.903. The highest BCUT2D eigenvalue weighted by atomic mass is 16.4. The molecule has 6 heteroatoms. The molecule has 6 nitrogen and oxygen atoms in total. The van der Waals surface area contributed by atoms with Crippen LogP contribution in [0.2, 0.25) is 0 Å². The van der Waals surface area contributed by atoms with E-state index in [1.165, 1.54) is 6.20 Å². The summed E-state index contributed by atoms with van der Waals surface area (Å²) in [5, 5.41) is 22.4. The van der Waals surface area contributed by atoms with Crippen molar-refractivity contribution in [3.63, 3.8) is 0 Å². The van der Waals surface area contributed by atoms with Crippen LogP contribution >= 0.6 is 0 Å². The minimum Gasteiger partial charge on any atom is -0.481 e. The van der Waals surface area contributed by atoms with Gasteiger partial charge in [0.2, 0.25) is 0 Å². The Morgan fingerprint density at radius 1 is 1.41 bits per heavy atom. The lowest BCUT2D eigenvalue weighted by Gasteiger charge is -2.03. The molecule has 0 aliphatic rings. The molecule has 0 aromatic rings. The number of rotatable bonds is 8. The average molecular weight is 239 g/mol. The van der Waals surface area contributed by atoms with Crippen LogP contribution in [0.5, 0.6) is 0 Å². The second-order valence-corrected chi connectivity index (χ2v) is 3.38. The largest absolute Gasteiger partial charge is 0.481 e. The molecule has 17 heavy (non-hydrogen) atoms. The smallest absolute Gasteiger partial charge is 0.303 e. The molecular formula is C11H17N3O3. The van der Waals surface area contributed by atoms with Crippen molar-refractivity contribution in [2.24, 2.45) is 0 Å². The summed E-state index contributed by atoms with van der Waals surface area (Å²) in [6.07, 6.45) is 2.62. The number of hydrogen-bond donors (Lipinski definition) is 3. The first kappa shape index (κ1) is 15.0. The van der Waals surface area contributed by atoms with Crippen molar-refractivity contribution in [1.82, 2.24) is 10.6 Å². The number of carbonyl (C=O) groups excluding carboxylic acids is 1. The highest BCUT2D eigenvalue weighted by Gasteiger charge is 2.07. The number of amides is 1. The third kappa shape index (κ3) is 7.85. The maximum Gasteiger partial charge on any atom is 0.303 e. The fraction of sp³-hybridized carbons (Fsp3) is 0.545. The molecule has 0 saturated heterocycles. The fourth-order valence-electron chi connectivity index (χ4n) is 1.00. The average Bonchev–Trinajstić information content (AvgIpc) is 2.30. The van der Waals surface area contributed by atoms with Gasteiger partial charge in [0.05, 0.1) is 0 Å². The molecule has 0 aromatic heterocycles. The van der Waals surface area contributed by atoms with Gasteiger partial charge in [-0.1, -0.05) is 6.92 Å². The van der Waals surface area contributed by atoms with Crippen LogP contribution in [-0.4, -0.2) is 30.1 Å². The van der Waals surface area contributed by atoms with E-state index in [4.69, 9.17) is 10.4 Å². The van der Waals surface area contributed by atoms with Crippen molar-refractivity contribution >= 4 is 11.9 Å². The molecule has 0 fully saturated rings. The highest BCUT2D eigenvalue weighted by molar-refractivity contribution is 5.97. The SMILES string of the molecule is CCCN/C=C(/C#N)C(=O)NCCCC(=O)O. The van der Waals surface area contributed by atoms with Crippen LogP contribution < -0.4 is 10.6 Å². The molecule has 0 spiro atoms. The number of carboxylic acids is 1. The van der Waals surface area contributed by atoms with Gasteiger partial charge in [-0.3, -0.25) is 9.59 Å². The lowest BCUT2D eigenvalue weighted by molar-refractivity contribution is -0.137. The zero-order valence-electron chi connectivity index (χ0n) is 9.82. The number of nitrogens with zero attached hydrogens (tertiary/aromatic N) is 1. The second kappa shape index (κ2) is 9.21. The van der Waals surface area contributed by atoms with E-state index in [-0.39, 0.29) is 18.5 Å². The van der Waals surface area contributed by atoms with E-state index in [2.05, 4.69) is 10.6 Å². The molecular weight excluding hydrogens is 222 g/mol. The van der Waals surface area contributed by atoms with Crippen LogP contribution in [0.4, 0.5) is 0 Å². The Morgan fingerprint density at radius 3 is 2.65 bits per heavy atom. The first-order valence-corrected chi connectivity index (χ1v) is 5.45. The van der Waals surface area contributed by atoms with Gasteiger partial charge in [0.25, 0.3) is 5.91 Å². The van der Waals surface area contributed by atoms with Gasteiger partial charge in [0, 0.05) is 25.7 Å². The molecule has 0 aliphatic carbocycles. The van der Waals surface area contributed by atoms with Gasteiger partial charge < -0.3 is 15.7 Å². The van der Waals surface area contributed by atoms with Crippen LogP contribution in [0.1, 0.15) is 26.2 Å². The van der Waals surface area contributed by atoms with Crippen molar-refractivity contribution in [2.45, 2.75) is 26.2 Å². The molecule has 0 aromatic carbocycles. The van der Waals surface area contributed by atoms with Crippen molar-refractivity contribution in [2.75, 3.05) is 13.1 Å². The lowest BCUT2D eigenvalue weighted by Crippen LogP contribution is -2.27. The molecule has 0 radical (unpaired) electrons. The Labute approximate surface area is 100 Å². The number of carboxylic acid groups (broad SMARTS) is 1. The van der Waals surface area contributed by atoms with E-state index in [1.54, 1.807) is 6.07 Å². The van der Waals surface area contributed by atoms with Crippen molar-refractivity contribution in [3.05, 3.63) is 11.8 Å². The summed E-state index contributed by atoms with van der Waals surface area (Å²) >= 11 is 0. The first-order chi connectivity index (χ1) is 8.11. The normalized spacial score (nSPS) is 10.5. The molecule has 0 aliphatic heterocycles. The molecule has 0 rings (SSSR count). The van der Waals surface area contributed by atoms with Crippen molar-refractivity contribution in [1.29, 1.82) is 5.26 Å². The molecule has 0 saturated carbocycles. The monoisotopic (exact) mass is 239 g/mol. The molecule has 0 atom stereocenters. The minimum absolute atomic E-state index is 0.0000338. The van der Waals surface area contributed by atoms with E-state index in [9.17, 15) is 9.59 Å². The van der Waals surface area contributed by atoms with Crippen LogP contribution in [0.15, 0.2) is 11.8 Å².